The molecule has 0 aliphatic rings. The Hall–Kier alpha value is -4.72. The molecule has 0 saturated heterocycles. The van der Waals surface area contributed by atoms with Gasteiger partial charge in [0, 0.05) is 12.6 Å². The molecule has 0 aliphatic heterocycles. The highest BCUT2D eigenvalue weighted by molar-refractivity contribution is 6.32. The minimum atomic E-state index is -0.626. The van der Waals surface area contributed by atoms with Gasteiger partial charge in [-0.25, -0.2) is 0 Å². The van der Waals surface area contributed by atoms with E-state index in [1.54, 1.807) is 18.2 Å². The van der Waals surface area contributed by atoms with Crippen LogP contribution in [0.3, 0.4) is 0 Å². The van der Waals surface area contributed by atoms with Gasteiger partial charge in [0.2, 0.25) is 5.82 Å². The van der Waals surface area contributed by atoms with Crippen molar-refractivity contribution in [2.45, 2.75) is 13.0 Å². The Morgan fingerprint density at radius 2 is 1.81 bits per heavy atom. The highest BCUT2D eigenvalue weighted by Gasteiger charge is 2.28. The minimum absolute atomic E-state index is 0.111. The van der Waals surface area contributed by atoms with E-state index in [2.05, 4.69) is 15.3 Å². The average molecular weight is 517 g/mol. The monoisotopic (exact) mass is 516 g/mol. The molecular weight excluding hydrogens is 496 g/mol. The molecule has 0 radical (unpaired) electrons. The molecule has 0 atom stereocenters. The van der Waals surface area contributed by atoms with E-state index in [9.17, 15) is 15.4 Å². The van der Waals surface area contributed by atoms with Gasteiger partial charge in [0.25, 0.3) is 0 Å². The van der Waals surface area contributed by atoms with Crippen molar-refractivity contribution in [3.05, 3.63) is 105 Å². The third-order valence-corrected chi connectivity index (χ3v) is 5.44. The molecule has 1 heterocycles. The normalized spacial score (nSPS) is 10.4. The SMILES string of the molecule is N#Cc1ccc(Cl)c(Oc2nc(NCc3ccccc3)c([N+](=O)[O-])c(Oc3cccc(CCN)c3)n2)c1. The Kier molecular flexibility index (Phi) is 8.10. The Bertz CT molecular complexity index is 1460. The lowest BCUT2D eigenvalue weighted by atomic mass is 10.1. The first-order chi connectivity index (χ1) is 18.0. The molecular formula is C26H21ClN6O4. The van der Waals surface area contributed by atoms with Gasteiger partial charge < -0.3 is 20.5 Å². The van der Waals surface area contributed by atoms with Crippen molar-refractivity contribution in [2.24, 2.45) is 5.73 Å². The molecule has 3 N–H and O–H groups in total. The predicted molar refractivity (Wildman–Crippen MR) is 138 cm³/mol. The van der Waals surface area contributed by atoms with E-state index in [-0.39, 0.29) is 35.0 Å². The quantitative estimate of drug-likeness (QED) is 0.202. The van der Waals surface area contributed by atoms with Crippen LogP contribution in [0, 0.1) is 21.4 Å². The minimum Gasteiger partial charge on any atom is -0.433 e. The summed E-state index contributed by atoms with van der Waals surface area (Å²) in [5, 5.41) is 24.5. The smallest absolute Gasteiger partial charge is 0.373 e. The van der Waals surface area contributed by atoms with E-state index < -0.39 is 10.6 Å². The van der Waals surface area contributed by atoms with E-state index in [1.807, 2.05) is 42.5 Å². The largest absolute Gasteiger partial charge is 0.433 e. The third-order valence-electron chi connectivity index (χ3n) is 5.12. The number of aromatic nitrogens is 2. The maximum absolute atomic E-state index is 12.1. The van der Waals surface area contributed by atoms with E-state index >= 15 is 0 Å². The number of nitrogens with zero attached hydrogens (tertiary/aromatic N) is 4. The summed E-state index contributed by atoms with van der Waals surface area (Å²) in [6.07, 6.45) is 0.606. The van der Waals surface area contributed by atoms with Gasteiger partial charge in [-0.2, -0.15) is 15.2 Å². The first-order valence-electron chi connectivity index (χ1n) is 11.2. The molecule has 0 spiro atoms. The second-order valence-corrected chi connectivity index (χ2v) is 8.16. The Labute approximate surface area is 217 Å². The average Bonchev–Trinajstić information content (AvgIpc) is 2.89. The van der Waals surface area contributed by atoms with Gasteiger partial charge in [0.05, 0.1) is 21.6 Å². The highest BCUT2D eigenvalue weighted by atomic mass is 35.5. The third kappa shape index (κ3) is 6.49. The van der Waals surface area contributed by atoms with Crippen LogP contribution in [0.4, 0.5) is 11.5 Å². The first-order valence-corrected chi connectivity index (χ1v) is 11.5. The molecule has 4 rings (SSSR count). The van der Waals surface area contributed by atoms with Gasteiger partial charge in [-0.3, -0.25) is 10.1 Å². The Morgan fingerprint density at radius 3 is 2.54 bits per heavy atom. The summed E-state index contributed by atoms with van der Waals surface area (Å²) >= 11 is 6.23. The molecule has 3 aromatic carbocycles. The van der Waals surface area contributed by atoms with Crippen LogP contribution >= 0.6 is 11.6 Å². The lowest BCUT2D eigenvalue weighted by Crippen LogP contribution is -2.09. The van der Waals surface area contributed by atoms with Crippen LogP contribution in [0.25, 0.3) is 0 Å². The molecule has 0 fully saturated rings. The number of ether oxygens (including phenoxy) is 2. The van der Waals surface area contributed by atoms with Gasteiger partial charge in [-0.1, -0.05) is 54.1 Å². The van der Waals surface area contributed by atoms with Gasteiger partial charge >= 0.3 is 17.6 Å². The van der Waals surface area contributed by atoms with E-state index in [0.29, 0.717) is 24.3 Å². The van der Waals surface area contributed by atoms with Crippen molar-refractivity contribution in [1.82, 2.24) is 9.97 Å². The molecule has 0 saturated carbocycles. The molecule has 11 heteroatoms. The number of benzene rings is 3. The highest BCUT2D eigenvalue weighted by Crippen LogP contribution is 2.38. The number of anilines is 1. The zero-order chi connectivity index (χ0) is 26.2. The van der Waals surface area contributed by atoms with Crippen LogP contribution in [0.5, 0.6) is 23.4 Å². The Balaban J connectivity index is 1.77. The molecule has 0 unspecified atom stereocenters. The number of nitriles is 1. The van der Waals surface area contributed by atoms with Crippen LogP contribution in [0.2, 0.25) is 5.02 Å². The van der Waals surface area contributed by atoms with Gasteiger partial charge in [0.15, 0.2) is 5.75 Å². The molecule has 1 aromatic heterocycles. The molecule has 37 heavy (non-hydrogen) atoms. The van der Waals surface area contributed by atoms with Crippen LogP contribution in [-0.4, -0.2) is 21.4 Å². The molecule has 0 amide bonds. The zero-order valence-electron chi connectivity index (χ0n) is 19.4. The fraction of sp³-hybridized carbons (Fsp3) is 0.115. The Morgan fingerprint density at radius 1 is 1.03 bits per heavy atom. The first kappa shape index (κ1) is 25.4. The van der Waals surface area contributed by atoms with Gasteiger partial charge in [-0.15, -0.1) is 0 Å². The van der Waals surface area contributed by atoms with Crippen molar-refractivity contribution in [2.75, 3.05) is 11.9 Å². The summed E-state index contributed by atoms with van der Waals surface area (Å²) < 4.78 is 11.6. The maximum Gasteiger partial charge on any atom is 0.373 e. The summed E-state index contributed by atoms with van der Waals surface area (Å²) in [4.78, 5) is 19.9. The molecule has 0 bridgehead atoms. The topological polar surface area (TPSA) is 149 Å². The summed E-state index contributed by atoms with van der Waals surface area (Å²) in [6.45, 7) is 0.680. The number of halogens is 1. The van der Waals surface area contributed by atoms with Crippen molar-refractivity contribution in [3.8, 4) is 29.5 Å². The van der Waals surface area contributed by atoms with E-state index in [0.717, 1.165) is 11.1 Å². The van der Waals surface area contributed by atoms with Crippen molar-refractivity contribution in [1.29, 1.82) is 5.26 Å². The van der Waals surface area contributed by atoms with Crippen LogP contribution in [0.15, 0.2) is 72.8 Å². The van der Waals surface area contributed by atoms with E-state index in [4.69, 9.17) is 26.8 Å². The molecule has 4 aromatic rings. The maximum atomic E-state index is 12.1. The molecule has 10 nitrogen and oxygen atoms in total. The van der Waals surface area contributed by atoms with Gasteiger partial charge in [-0.05, 0) is 48.4 Å². The fourth-order valence-electron chi connectivity index (χ4n) is 3.39. The van der Waals surface area contributed by atoms with Crippen molar-refractivity contribution >= 4 is 23.1 Å². The summed E-state index contributed by atoms with van der Waals surface area (Å²) in [6, 6.07) is 22.5. The summed E-state index contributed by atoms with van der Waals surface area (Å²) in [5.41, 5.74) is 7.26. The van der Waals surface area contributed by atoms with Gasteiger partial charge in [0.1, 0.15) is 5.75 Å². The summed E-state index contributed by atoms with van der Waals surface area (Å²) in [5.74, 6) is -0.000705. The standard InChI is InChI=1S/C26H21ClN6O4/c27-21-10-9-19(15-29)14-22(21)37-26-31-24(30-16-18-5-2-1-3-6-18)23(33(34)35)25(32-26)36-20-8-4-7-17(13-20)11-12-28/h1-10,13-14H,11-12,16,28H2,(H,30,31,32). The zero-order valence-corrected chi connectivity index (χ0v) is 20.2. The number of hydrogen-bond acceptors (Lipinski definition) is 9. The molecule has 186 valence electrons. The van der Waals surface area contributed by atoms with Crippen molar-refractivity contribution in [3.63, 3.8) is 0 Å². The number of rotatable bonds is 10. The van der Waals surface area contributed by atoms with Crippen LogP contribution in [-0.2, 0) is 13.0 Å². The predicted octanol–water partition coefficient (Wildman–Crippen LogP) is 5.61. The van der Waals surface area contributed by atoms with Crippen LogP contribution < -0.4 is 20.5 Å². The van der Waals surface area contributed by atoms with Crippen LogP contribution in [0.1, 0.15) is 16.7 Å². The fourth-order valence-corrected chi connectivity index (χ4v) is 3.55. The number of nitrogens with one attached hydrogen (secondary N) is 1. The number of nitrogens with two attached hydrogens (primary N) is 1. The second-order valence-electron chi connectivity index (χ2n) is 7.75. The number of nitro groups is 1. The summed E-state index contributed by atoms with van der Waals surface area (Å²) in [7, 11) is 0. The lowest BCUT2D eigenvalue weighted by molar-refractivity contribution is -0.385. The number of hydrogen-bond donors (Lipinski definition) is 2. The van der Waals surface area contributed by atoms with Crippen molar-refractivity contribution < 1.29 is 14.4 Å². The molecule has 0 aliphatic carbocycles. The second kappa shape index (κ2) is 11.8. The lowest BCUT2D eigenvalue weighted by Gasteiger charge is -2.13. The van der Waals surface area contributed by atoms with E-state index in [1.165, 1.54) is 18.2 Å².